The van der Waals surface area contributed by atoms with Gasteiger partial charge in [0.2, 0.25) is 29.1 Å². The Labute approximate surface area is 111 Å². The van der Waals surface area contributed by atoms with Gasteiger partial charge in [-0.15, -0.1) is 0 Å². The maximum atomic E-state index is 13.0. The quantitative estimate of drug-likeness (QED) is 0.281. The number of benzene rings is 1. The lowest BCUT2D eigenvalue weighted by Gasteiger charge is -2.11. The Morgan fingerprint density at radius 1 is 0.810 bits per heavy atom. The normalized spacial score (nSPS) is 11.4. The number of alkyl halides is 3. The van der Waals surface area contributed by atoms with Crippen LogP contribution in [0.25, 0.3) is 0 Å². The smallest absolute Gasteiger partial charge is 0.484 e. The van der Waals surface area contributed by atoms with E-state index in [-0.39, 0.29) is 0 Å². The van der Waals surface area contributed by atoms with Crippen molar-refractivity contribution < 1.29 is 49.4 Å². The molecule has 3 nitrogen and oxygen atoms in total. The van der Waals surface area contributed by atoms with Crippen LogP contribution in [0.15, 0.2) is 0 Å². The van der Waals surface area contributed by atoms with E-state index < -0.39 is 60.2 Å². The average Bonchev–Trinajstić information content (AvgIpc) is 2.40. The molecule has 0 spiro atoms. The van der Waals surface area contributed by atoms with Crippen molar-refractivity contribution in [2.75, 3.05) is 13.2 Å². The van der Waals surface area contributed by atoms with Gasteiger partial charge in [-0.3, -0.25) is 0 Å². The fraction of sp³-hybridized carbons (Fsp3) is 0.300. The first-order valence-corrected chi connectivity index (χ1v) is 4.95. The van der Waals surface area contributed by atoms with Gasteiger partial charge in [0.25, 0.3) is 0 Å². The van der Waals surface area contributed by atoms with Crippen LogP contribution in [0.5, 0.6) is 5.75 Å². The molecule has 0 saturated carbocycles. The van der Waals surface area contributed by atoms with Gasteiger partial charge in [0.15, 0.2) is 5.75 Å². The van der Waals surface area contributed by atoms with Gasteiger partial charge in [-0.05, 0) is 0 Å². The molecule has 0 saturated heterocycles. The Balaban J connectivity index is 2.72. The highest BCUT2D eigenvalue weighted by Gasteiger charge is 2.40. The van der Waals surface area contributed by atoms with Gasteiger partial charge < -0.3 is 9.47 Å². The van der Waals surface area contributed by atoms with Crippen molar-refractivity contribution in [2.45, 2.75) is 6.18 Å². The molecule has 1 rings (SSSR count). The summed E-state index contributed by atoms with van der Waals surface area (Å²) in [7, 11) is 0. The molecular weight excluding hydrogens is 320 g/mol. The standard InChI is InChI=1S/C10H4F8O3/c11-3-4(12)6(14)8(7(15)5(3)13)20-1-2-21-9(19)10(16,17)18/h1-2H2. The number of rotatable bonds is 4. The summed E-state index contributed by atoms with van der Waals surface area (Å²) >= 11 is 0. The summed E-state index contributed by atoms with van der Waals surface area (Å²) in [6.07, 6.45) is -5.29. The molecule has 0 atom stereocenters. The second-order valence-electron chi connectivity index (χ2n) is 3.38. The van der Waals surface area contributed by atoms with Crippen LogP contribution in [-0.2, 0) is 9.53 Å². The van der Waals surface area contributed by atoms with E-state index in [1.807, 2.05) is 0 Å². The van der Waals surface area contributed by atoms with Crippen LogP contribution < -0.4 is 4.74 Å². The molecule has 1 aromatic carbocycles. The molecule has 21 heavy (non-hydrogen) atoms. The fourth-order valence-electron chi connectivity index (χ4n) is 1.07. The van der Waals surface area contributed by atoms with Crippen molar-refractivity contribution in [3.8, 4) is 5.75 Å². The molecule has 0 bridgehead atoms. The number of halogens is 8. The van der Waals surface area contributed by atoms with Gasteiger partial charge in [-0.2, -0.15) is 22.0 Å². The van der Waals surface area contributed by atoms with E-state index >= 15 is 0 Å². The van der Waals surface area contributed by atoms with Crippen molar-refractivity contribution >= 4 is 5.97 Å². The van der Waals surface area contributed by atoms with Crippen LogP contribution in [0.3, 0.4) is 0 Å². The first-order chi connectivity index (χ1) is 9.57. The van der Waals surface area contributed by atoms with Crippen LogP contribution in [-0.4, -0.2) is 25.4 Å². The molecule has 0 amide bonds. The second kappa shape index (κ2) is 6.14. The molecule has 118 valence electrons. The SMILES string of the molecule is O=C(OCCOc1c(F)c(F)c(F)c(F)c1F)C(F)(F)F. The topological polar surface area (TPSA) is 35.5 Å². The highest BCUT2D eigenvalue weighted by Crippen LogP contribution is 2.29. The van der Waals surface area contributed by atoms with Gasteiger partial charge in [-0.1, -0.05) is 0 Å². The molecule has 0 fully saturated rings. The van der Waals surface area contributed by atoms with Crippen molar-refractivity contribution in [2.24, 2.45) is 0 Å². The predicted molar refractivity (Wildman–Crippen MR) is 48.7 cm³/mol. The molecule has 0 unspecified atom stereocenters. The minimum absolute atomic E-state index is 1.06. The number of hydrogen-bond acceptors (Lipinski definition) is 3. The summed E-state index contributed by atoms with van der Waals surface area (Å²) in [6, 6.07) is 0. The summed E-state index contributed by atoms with van der Waals surface area (Å²) in [5.74, 6) is -15.9. The Bertz CT molecular complexity index is 525. The first-order valence-electron chi connectivity index (χ1n) is 4.95. The first kappa shape index (κ1) is 17.0. The highest BCUT2D eigenvalue weighted by molar-refractivity contribution is 5.75. The molecule has 0 radical (unpaired) electrons. The second-order valence-corrected chi connectivity index (χ2v) is 3.38. The molecule has 1 aromatic rings. The van der Waals surface area contributed by atoms with Crippen LogP contribution in [0.1, 0.15) is 0 Å². The molecule has 11 heteroatoms. The molecule has 0 heterocycles. The third-order valence-electron chi connectivity index (χ3n) is 1.96. The monoisotopic (exact) mass is 324 g/mol. The lowest BCUT2D eigenvalue weighted by atomic mass is 10.2. The Morgan fingerprint density at radius 3 is 1.67 bits per heavy atom. The van der Waals surface area contributed by atoms with E-state index in [9.17, 15) is 39.9 Å². The van der Waals surface area contributed by atoms with E-state index in [1.165, 1.54) is 0 Å². The summed E-state index contributed by atoms with van der Waals surface area (Å²) in [5.41, 5.74) is 0. The third kappa shape index (κ3) is 3.73. The van der Waals surface area contributed by atoms with Crippen molar-refractivity contribution in [3.05, 3.63) is 29.1 Å². The van der Waals surface area contributed by atoms with Gasteiger partial charge in [0, 0.05) is 0 Å². The number of carbonyl (C=O) groups is 1. The van der Waals surface area contributed by atoms with Gasteiger partial charge in [0.05, 0.1) is 0 Å². The largest absolute Gasteiger partial charge is 0.490 e. The lowest BCUT2D eigenvalue weighted by molar-refractivity contribution is -0.200. The molecule has 0 aliphatic heterocycles. The zero-order valence-corrected chi connectivity index (χ0v) is 9.66. The maximum Gasteiger partial charge on any atom is 0.490 e. The van der Waals surface area contributed by atoms with Crippen molar-refractivity contribution in [1.82, 2.24) is 0 Å². The van der Waals surface area contributed by atoms with Crippen LogP contribution in [0.4, 0.5) is 35.1 Å². The lowest BCUT2D eigenvalue weighted by Crippen LogP contribution is -2.27. The summed E-state index contributed by atoms with van der Waals surface area (Å²) in [6.45, 7) is -2.17. The van der Waals surface area contributed by atoms with Crippen molar-refractivity contribution in [3.63, 3.8) is 0 Å². The molecule has 0 aliphatic rings. The molecule has 0 aliphatic carbocycles. The minimum Gasteiger partial charge on any atom is -0.484 e. The predicted octanol–water partition coefficient (Wildman–Crippen LogP) is 2.87. The minimum atomic E-state index is -5.29. The Hall–Kier alpha value is -2.07. The Morgan fingerprint density at radius 2 is 1.24 bits per heavy atom. The maximum absolute atomic E-state index is 13.0. The van der Waals surface area contributed by atoms with E-state index in [0.29, 0.717) is 0 Å². The number of ether oxygens (including phenoxy) is 2. The van der Waals surface area contributed by atoms with E-state index in [0.717, 1.165) is 0 Å². The summed E-state index contributed by atoms with van der Waals surface area (Å²) in [5, 5.41) is 0. The summed E-state index contributed by atoms with van der Waals surface area (Å²) < 4.78 is 107. The van der Waals surface area contributed by atoms with E-state index in [2.05, 4.69) is 9.47 Å². The molecule has 0 N–H and O–H groups in total. The number of hydrogen-bond donors (Lipinski definition) is 0. The molecule has 0 aromatic heterocycles. The van der Waals surface area contributed by atoms with E-state index in [4.69, 9.17) is 0 Å². The fourth-order valence-corrected chi connectivity index (χ4v) is 1.07. The van der Waals surface area contributed by atoms with Gasteiger partial charge >= 0.3 is 12.1 Å². The van der Waals surface area contributed by atoms with Gasteiger partial charge in [0.1, 0.15) is 13.2 Å². The zero-order valence-electron chi connectivity index (χ0n) is 9.66. The molecular formula is C10H4F8O3. The van der Waals surface area contributed by atoms with E-state index in [1.54, 1.807) is 0 Å². The third-order valence-corrected chi connectivity index (χ3v) is 1.96. The average molecular weight is 324 g/mol. The summed E-state index contributed by atoms with van der Waals surface area (Å²) in [4.78, 5) is 10.2. The zero-order chi connectivity index (χ0) is 16.4. The van der Waals surface area contributed by atoms with Gasteiger partial charge in [-0.25, -0.2) is 18.0 Å². The van der Waals surface area contributed by atoms with Crippen LogP contribution in [0, 0.1) is 29.1 Å². The van der Waals surface area contributed by atoms with Crippen LogP contribution >= 0.6 is 0 Å². The number of esters is 1. The highest BCUT2D eigenvalue weighted by atomic mass is 19.4. The number of carbonyl (C=O) groups excluding carboxylic acids is 1. The Kier molecular flexibility index (Phi) is 4.97. The van der Waals surface area contributed by atoms with Crippen LogP contribution in [0.2, 0.25) is 0 Å². The van der Waals surface area contributed by atoms with Crippen molar-refractivity contribution in [1.29, 1.82) is 0 Å².